The Labute approximate surface area is 320 Å². The third-order valence-electron chi connectivity index (χ3n) is 10.8. The van der Waals surface area contributed by atoms with Crippen molar-refractivity contribution in [1.29, 1.82) is 0 Å². The second kappa shape index (κ2) is 14.2. The van der Waals surface area contributed by atoms with Crippen LogP contribution in [0.25, 0.3) is 50.3 Å². The van der Waals surface area contributed by atoms with E-state index in [4.69, 9.17) is 0 Å². The number of allylic oxidation sites excluding steroid dienone is 7. The number of thioether (sulfide) groups is 2. The molecule has 0 N–H and O–H groups in total. The minimum atomic E-state index is -0.480. The van der Waals surface area contributed by atoms with Crippen molar-refractivity contribution in [3.63, 3.8) is 0 Å². The summed E-state index contributed by atoms with van der Waals surface area (Å²) < 4.78 is 2.34. The summed E-state index contributed by atoms with van der Waals surface area (Å²) in [5.74, 6) is 0. The molecule has 0 fully saturated rings. The van der Waals surface area contributed by atoms with Gasteiger partial charge in [-0.15, -0.1) is 11.8 Å². The zero-order chi connectivity index (χ0) is 35.8. The van der Waals surface area contributed by atoms with E-state index >= 15 is 0 Å². The van der Waals surface area contributed by atoms with Crippen LogP contribution in [0.3, 0.4) is 0 Å². The third kappa shape index (κ3) is 5.50. The summed E-state index contributed by atoms with van der Waals surface area (Å²) >= 11 is 3.78. The Morgan fingerprint density at radius 1 is 0.698 bits per heavy atom. The SMILES string of the molecule is C=C/C=C\C=C/n1c2ccccc2c2cccc(-c3ccc(C4(c5c(SC)cccc5-c5ccccc5)C5=C(C=CCC5)Sc5ccccc54)cc3)c21. The van der Waals surface area contributed by atoms with Crippen LogP contribution < -0.4 is 0 Å². The highest BCUT2D eigenvalue weighted by molar-refractivity contribution is 8.03. The zero-order valence-electron chi connectivity index (χ0n) is 29.7. The minimum Gasteiger partial charge on any atom is -0.315 e. The third-order valence-corrected chi connectivity index (χ3v) is 12.7. The van der Waals surface area contributed by atoms with Crippen LogP contribution in [-0.4, -0.2) is 10.8 Å². The van der Waals surface area contributed by atoms with E-state index in [9.17, 15) is 0 Å². The van der Waals surface area contributed by atoms with Gasteiger partial charge in [0.2, 0.25) is 0 Å². The predicted molar refractivity (Wildman–Crippen MR) is 231 cm³/mol. The van der Waals surface area contributed by atoms with Gasteiger partial charge in [-0.2, -0.15) is 0 Å². The second-order valence-corrected chi connectivity index (χ2v) is 15.4. The lowest BCUT2D eigenvalue weighted by atomic mass is 9.61. The normalized spacial score (nSPS) is 16.8. The van der Waals surface area contributed by atoms with Gasteiger partial charge < -0.3 is 4.57 Å². The van der Waals surface area contributed by atoms with E-state index in [1.54, 1.807) is 0 Å². The number of aromatic nitrogens is 1. The lowest BCUT2D eigenvalue weighted by Crippen LogP contribution is -2.36. The lowest BCUT2D eigenvalue weighted by molar-refractivity contribution is 0.647. The molecule has 53 heavy (non-hydrogen) atoms. The quantitative estimate of drug-likeness (QED) is 0.114. The number of benzene rings is 6. The molecule has 1 nitrogen and oxygen atoms in total. The predicted octanol–water partition coefficient (Wildman–Crippen LogP) is 14.1. The Morgan fingerprint density at radius 3 is 2.28 bits per heavy atom. The number of hydrogen-bond acceptors (Lipinski definition) is 2. The average Bonchev–Trinajstić information content (AvgIpc) is 3.55. The zero-order valence-corrected chi connectivity index (χ0v) is 31.3. The maximum Gasteiger partial charge on any atom is 0.0703 e. The largest absolute Gasteiger partial charge is 0.315 e. The fourth-order valence-corrected chi connectivity index (χ4v) is 10.5. The monoisotopic (exact) mass is 717 g/mol. The fraction of sp³-hybridized carbons (Fsp3) is 0.0800. The van der Waals surface area contributed by atoms with Gasteiger partial charge in [0, 0.05) is 37.2 Å². The summed E-state index contributed by atoms with van der Waals surface area (Å²) in [6, 6.07) is 52.0. The molecule has 2 heterocycles. The van der Waals surface area contributed by atoms with Crippen molar-refractivity contribution in [3.05, 3.63) is 210 Å². The van der Waals surface area contributed by atoms with Crippen molar-refractivity contribution in [2.24, 2.45) is 0 Å². The Hall–Kier alpha value is -5.48. The summed E-state index contributed by atoms with van der Waals surface area (Å²) in [4.78, 5) is 4.01. The van der Waals surface area contributed by atoms with Gasteiger partial charge in [-0.3, -0.25) is 0 Å². The van der Waals surface area contributed by atoms with Crippen molar-refractivity contribution in [2.45, 2.75) is 28.0 Å². The van der Waals surface area contributed by atoms with Crippen LogP contribution in [0, 0.1) is 0 Å². The van der Waals surface area contributed by atoms with E-state index in [2.05, 4.69) is 181 Å². The van der Waals surface area contributed by atoms with Crippen LogP contribution >= 0.6 is 23.5 Å². The number of nitrogens with zero attached hydrogens (tertiary/aromatic N) is 1. The van der Waals surface area contributed by atoms with Crippen LogP contribution in [0.5, 0.6) is 0 Å². The highest BCUT2D eigenvalue weighted by Gasteiger charge is 2.48. The maximum absolute atomic E-state index is 3.84. The van der Waals surface area contributed by atoms with Gasteiger partial charge in [0.1, 0.15) is 0 Å². The van der Waals surface area contributed by atoms with Gasteiger partial charge in [0.25, 0.3) is 0 Å². The first-order chi connectivity index (χ1) is 26.2. The Bertz CT molecular complexity index is 2630. The first kappa shape index (κ1) is 33.4. The molecule has 1 aliphatic heterocycles. The number of hydrogen-bond donors (Lipinski definition) is 0. The van der Waals surface area contributed by atoms with Crippen molar-refractivity contribution in [2.75, 3.05) is 6.26 Å². The molecule has 3 heteroatoms. The first-order valence-corrected chi connectivity index (χ1v) is 20.3. The molecule has 0 bridgehead atoms. The van der Waals surface area contributed by atoms with Crippen molar-refractivity contribution in [3.8, 4) is 22.3 Å². The van der Waals surface area contributed by atoms with E-state index in [-0.39, 0.29) is 0 Å². The molecule has 1 aromatic heterocycles. The smallest absolute Gasteiger partial charge is 0.0703 e. The van der Waals surface area contributed by atoms with Crippen molar-refractivity contribution >= 4 is 51.5 Å². The number of fused-ring (bicyclic) bond motifs is 4. The van der Waals surface area contributed by atoms with Crippen LogP contribution in [0.15, 0.2) is 203 Å². The van der Waals surface area contributed by atoms with Crippen LogP contribution in [-0.2, 0) is 5.41 Å². The molecule has 7 aromatic rings. The second-order valence-electron chi connectivity index (χ2n) is 13.5. The molecule has 1 unspecified atom stereocenters. The van der Waals surface area contributed by atoms with E-state index in [0.29, 0.717) is 0 Å². The molecule has 0 amide bonds. The average molecular weight is 718 g/mol. The maximum atomic E-state index is 3.84. The molecule has 256 valence electrons. The molecule has 0 radical (unpaired) electrons. The van der Waals surface area contributed by atoms with Crippen molar-refractivity contribution < 1.29 is 0 Å². The highest BCUT2D eigenvalue weighted by atomic mass is 32.2. The summed E-state index contributed by atoms with van der Waals surface area (Å²) in [6.45, 7) is 3.84. The molecule has 0 saturated heterocycles. The topological polar surface area (TPSA) is 4.93 Å². The van der Waals surface area contributed by atoms with E-state index in [1.807, 2.05) is 41.8 Å². The Kier molecular flexibility index (Phi) is 8.91. The van der Waals surface area contributed by atoms with Gasteiger partial charge in [-0.05, 0) is 82.3 Å². The van der Waals surface area contributed by atoms with Crippen LogP contribution in [0.1, 0.15) is 29.5 Å². The van der Waals surface area contributed by atoms with Gasteiger partial charge in [0.05, 0.1) is 16.4 Å². The Balaban J connectivity index is 1.32. The highest BCUT2D eigenvalue weighted by Crippen LogP contribution is 2.60. The molecule has 1 atom stereocenters. The number of rotatable bonds is 8. The van der Waals surface area contributed by atoms with Gasteiger partial charge in [-0.25, -0.2) is 0 Å². The summed E-state index contributed by atoms with van der Waals surface area (Å²) in [5.41, 5.74) is 12.4. The minimum absolute atomic E-state index is 0.480. The van der Waals surface area contributed by atoms with Crippen molar-refractivity contribution in [1.82, 2.24) is 4.57 Å². The molecule has 2 aliphatic rings. The first-order valence-electron chi connectivity index (χ1n) is 18.2. The lowest BCUT2D eigenvalue weighted by Gasteiger charge is -2.45. The molecule has 9 rings (SSSR count). The van der Waals surface area contributed by atoms with Gasteiger partial charge >= 0.3 is 0 Å². The van der Waals surface area contributed by atoms with E-state index in [1.165, 1.54) is 81.0 Å². The Morgan fingerprint density at radius 2 is 1.43 bits per heavy atom. The van der Waals surface area contributed by atoms with Crippen LogP contribution in [0.4, 0.5) is 0 Å². The summed E-state index contributed by atoms with van der Waals surface area (Å²) in [5, 5.41) is 2.50. The van der Waals surface area contributed by atoms with Gasteiger partial charge in [0.15, 0.2) is 0 Å². The molecular formula is C50H39NS2. The molecule has 1 aliphatic carbocycles. The molecule has 0 saturated carbocycles. The molecule has 6 aromatic carbocycles. The number of para-hydroxylation sites is 2. The summed E-state index contributed by atoms with van der Waals surface area (Å²) in [6.07, 6.45) is 19.1. The van der Waals surface area contributed by atoms with E-state index in [0.717, 1.165) is 12.8 Å². The molecule has 0 spiro atoms. The standard InChI is InChI=1S/C50H39NS2/c1-3-4-5-15-34-51-44-26-12-9-20-40(44)41-23-16-22-39(49(41)51)36-30-32-37(33-31-36)50(42-24-10-13-27-45(42)53-46-28-14-11-25-43(46)50)48-38(21-17-29-47(48)52-2)35-18-7-6-8-19-35/h3-10,12-24,26-34H,1,11,25H2,2H3/b5-4-,34-15-. The van der Waals surface area contributed by atoms with Crippen LogP contribution in [0.2, 0.25) is 0 Å². The van der Waals surface area contributed by atoms with Gasteiger partial charge in [-0.1, -0.05) is 170 Å². The van der Waals surface area contributed by atoms with E-state index < -0.39 is 5.41 Å². The summed E-state index contributed by atoms with van der Waals surface area (Å²) in [7, 11) is 0. The molecular weight excluding hydrogens is 679 g/mol. The fourth-order valence-electron chi connectivity index (χ4n) is 8.58.